The fraction of sp³-hybridized carbons (Fsp3) is 0.182. The molecule has 0 bridgehead atoms. The van der Waals surface area contributed by atoms with Gasteiger partial charge in [0, 0.05) is 0 Å². The van der Waals surface area contributed by atoms with E-state index in [1.807, 2.05) is 6.07 Å². The van der Waals surface area contributed by atoms with Crippen LogP contribution in [-0.4, -0.2) is 15.3 Å². The van der Waals surface area contributed by atoms with E-state index in [2.05, 4.69) is 5.16 Å². The smallest absolute Gasteiger partial charge is 0.128 e. The monoisotopic (exact) mass is 249 g/mol. The number of hydrogen-bond donors (Lipinski definition) is 2. The second-order valence-electron chi connectivity index (χ2n) is 3.54. The number of thioether (sulfide) groups is 1. The van der Waals surface area contributed by atoms with Gasteiger partial charge < -0.3 is 5.21 Å². The maximum Gasteiger partial charge on any atom is 0.128 e. The Balaban J connectivity index is 2.44. The van der Waals surface area contributed by atoms with Gasteiger partial charge in [0.2, 0.25) is 0 Å². The first-order valence-corrected chi connectivity index (χ1v) is 5.62. The largest absolute Gasteiger partial charge is 0.410 e. The lowest BCUT2D eigenvalue weighted by molar-refractivity contribution is 0.318. The molecule has 0 aliphatic carbocycles. The minimum absolute atomic E-state index is 0.148. The van der Waals surface area contributed by atoms with Crippen molar-refractivity contribution in [2.45, 2.75) is 5.92 Å². The summed E-state index contributed by atoms with van der Waals surface area (Å²) in [6, 6.07) is 7.65. The highest BCUT2D eigenvalue weighted by atomic mass is 32.2. The number of rotatable bonds is 1. The molecule has 1 heterocycles. The lowest BCUT2D eigenvalue weighted by Gasteiger charge is -2.12. The summed E-state index contributed by atoms with van der Waals surface area (Å²) in [7, 11) is 0. The van der Waals surface area contributed by atoms with E-state index >= 15 is 0 Å². The predicted octanol–water partition coefficient (Wildman–Crippen LogP) is 2.56. The summed E-state index contributed by atoms with van der Waals surface area (Å²) in [6.07, 6.45) is 0. The summed E-state index contributed by atoms with van der Waals surface area (Å²) in [6.45, 7) is 0. The van der Waals surface area contributed by atoms with Gasteiger partial charge in [-0.15, -0.1) is 0 Å². The van der Waals surface area contributed by atoms with Gasteiger partial charge in [-0.05, 0) is 17.7 Å². The number of hydrogen-bond acceptors (Lipinski definition) is 5. The topological polar surface area (TPSA) is 80.2 Å². The quantitative estimate of drug-likeness (QED) is 0.593. The van der Waals surface area contributed by atoms with Crippen molar-refractivity contribution in [3.05, 3.63) is 35.6 Å². The molecule has 0 spiro atoms. The number of oxime groups is 1. The molecule has 1 aliphatic rings. The summed E-state index contributed by atoms with van der Waals surface area (Å²) in [5.41, 5.74) is 0.667. The van der Waals surface area contributed by atoms with Crippen LogP contribution in [0.2, 0.25) is 0 Å². The van der Waals surface area contributed by atoms with E-state index in [1.54, 1.807) is 0 Å². The fourth-order valence-corrected chi connectivity index (χ4v) is 2.74. The highest BCUT2D eigenvalue weighted by molar-refractivity contribution is 8.27. The molecule has 1 aliphatic heterocycles. The number of nitrogens with zero attached hydrogens (tertiary/aromatic N) is 2. The van der Waals surface area contributed by atoms with Crippen LogP contribution in [0.25, 0.3) is 0 Å². The van der Waals surface area contributed by atoms with Gasteiger partial charge in [0.25, 0.3) is 0 Å². The van der Waals surface area contributed by atoms with Gasteiger partial charge in [0.05, 0.1) is 17.0 Å². The molecular weight excluding hydrogens is 241 g/mol. The zero-order valence-electron chi connectivity index (χ0n) is 8.59. The van der Waals surface area contributed by atoms with E-state index in [9.17, 15) is 4.39 Å². The van der Waals surface area contributed by atoms with E-state index in [-0.39, 0.29) is 10.9 Å². The van der Waals surface area contributed by atoms with Gasteiger partial charge >= 0.3 is 0 Å². The standard InChI is InChI=1S/C11H8FN3OS/c12-7-3-1-6(2-4-7)9-8(5-13)10(14)17-11(9)15-16/h1-4,8-9,14,16H/b14-10?,15-11+/t8-,9+/m0/s1. The third kappa shape index (κ3) is 2.01. The highest BCUT2D eigenvalue weighted by Crippen LogP contribution is 2.41. The van der Waals surface area contributed by atoms with Crippen LogP contribution in [-0.2, 0) is 0 Å². The van der Waals surface area contributed by atoms with E-state index < -0.39 is 11.8 Å². The minimum atomic E-state index is -0.670. The van der Waals surface area contributed by atoms with Crippen molar-refractivity contribution in [2.75, 3.05) is 0 Å². The molecule has 17 heavy (non-hydrogen) atoms. The van der Waals surface area contributed by atoms with Gasteiger partial charge in [0.15, 0.2) is 0 Å². The molecular formula is C11H8FN3OS. The Labute approximate surface area is 101 Å². The van der Waals surface area contributed by atoms with Crippen LogP contribution >= 0.6 is 11.8 Å². The summed E-state index contributed by atoms with van der Waals surface area (Å²) < 4.78 is 12.8. The highest BCUT2D eigenvalue weighted by Gasteiger charge is 2.40. The van der Waals surface area contributed by atoms with Gasteiger partial charge in [-0.3, -0.25) is 5.41 Å². The molecule has 6 heteroatoms. The normalized spacial score (nSPS) is 26.1. The molecule has 1 aromatic rings. The van der Waals surface area contributed by atoms with Gasteiger partial charge in [-0.2, -0.15) is 5.26 Å². The second kappa shape index (κ2) is 4.55. The first-order valence-electron chi connectivity index (χ1n) is 4.80. The molecule has 0 aromatic heterocycles. The summed E-state index contributed by atoms with van der Waals surface area (Å²) in [5.74, 6) is -1.52. The van der Waals surface area contributed by atoms with Crippen LogP contribution in [0.15, 0.2) is 29.4 Å². The second-order valence-corrected chi connectivity index (χ2v) is 4.60. The van der Waals surface area contributed by atoms with E-state index in [0.717, 1.165) is 11.8 Å². The van der Waals surface area contributed by atoms with Crippen molar-refractivity contribution in [3.63, 3.8) is 0 Å². The third-order valence-corrected chi connectivity index (χ3v) is 3.58. The van der Waals surface area contributed by atoms with Crippen LogP contribution < -0.4 is 0 Å². The number of benzene rings is 1. The van der Waals surface area contributed by atoms with Crippen LogP contribution in [0.4, 0.5) is 4.39 Å². The minimum Gasteiger partial charge on any atom is -0.410 e. The lowest BCUT2D eigenvalue weighted by atomic mass is 9.88. The molecule has 1 saturated heterocycles. The average molecular weight is 249 g/mol. The lowest BCUT2D eigenvalue weighted by Crippen LogP contribution is -2.14. The first kappa shape index (κ1) is 11.6. The summed E-state index contributed by atoms with van der Waals surface area (Å²) in [4.78, 5) is 0. The SMILES string of the molecule is N#C[C@@H]1C(=N)S/C(=N/O)[C@@H]1c1ccc(F)cc1. The fourth-order valence-electron chi connectivity index (χ4n) is 1.75. The van der Waals surface area contributed by atoms with Crippen LogP contribution in [0.5, 0.6) is 0 Å². The zero-order valence-corrected chi connectivity index (χ0v) is 9.41. The van der Waals surface area contributed by atoms with Crippen molar-refractivity contribution in [1.29, 1.82) is 10.7 Å². The number of halogens is 1. The maximum absolute atomic E-state index is 12.8. The molecule has 0 amide bonds. The van der Waals surface area contributed by atoms with Crippen molar-refractivity contribution in [2.24, 2.45) is 11.1 Å². The molecule has 1 fully saturated rings. The van der Waals surface area contributed by atoms with Gasteiger partial charge in [-0.1, -0.05) is 29.1 Å². The van der Waals surface area contributed by atoms with Crippen molar-refractivity contribution in [3.8, 4) is 6.07 Å². The first-order chi connectivity index (χ1) is 8.17. The Bertz CT molecular complexity index is 521. The molecule has 1 aromatic carbocycles. The van der Waals surface area contributed by atoms with Crippen molar-refractivity contribution < 1.29 is 9.60 Å². The Morgan fingerprint density at radius 1 is 1.41 bits per heavy atom. The van der Waals surface area contributed by atoms with Crippen LogP contribution in [0.1, 0.15) is 11.5 Å². The Hall–Kier alpha value is -1.87. The predicted molar refractivity (Wildman–Crippen MR) is 62.8 cm³/mol. The molecule has 0 saturated carbocycles. The van der Waals surface area contributed by atoms with Gasteiger partial charge in [0.1, 0.15) is 16.8 Å². The molecule has 2 N–H and O–H groups in total. The zero-order chi connectivity index (χ0) is 12.4. The van der Waals surface area contributed by atoms with Crippen molar-refractivity contribution >= 4 is 21.8 Å². The maximum atomic E-state index is 12.8. The molecule has 2 rings (SSSR count). The third-order valence-electron chi connectivity index (χ3n) is 2.56. The number of nitrogens with one attached hydrogen (secondary N) is 1. The molecule has 4 nitrogen and oxygen atoms in total. The van der Waals surface area contributed by atoms with E-state index in [0.29, 0.717) is 10.6 Å². The summed E-state index contributed by atoms with van der Waals surface area (Å²) in [5, 5.41) is 29.1. The Morgan fingerprint density at radius 3 is 2.59 bits per heavy atom. The molecule has 0 radical (unpaired) electrons. The molecule has 2 atom stereocenters. The molecule has 86 valence electrons. The Kier molecular flexibility index (Phi) is 3.11. The Morgan fingerprint density at radius 2 is 2.06 bits per heavy atom. The molecule has 0 unspecified atom stereocenters. The number of nitriles is 1. The van der Waals surface area contributed by atoms with Gasteiger partial charge in [-0.25, -0.2) is 4.39 Å². The summed E-state index contributed by atoms with van der Waals surface area (Å²) >= 11 is 0.972. The van der Waals surface area contributed by atoms with Crippen molar-refractivity contribution in [1.82, 2.24) is 0 Å². The average Bonchev–Trinajstić information content (AvgIpc) is 2.66. The van der Waals surface area contributed by atoms with E-state index in [1.165, 1.54) is 24.3 Å². The van der Waals surface area contributed by atoms with Crippen LogP contribution in [0.3, 0.4) is 0 Å². The van der Waals surface area contributed by atoms with Crippen LogP contribution in [0, 0.1) is 28.5 Å². The van der Waals surface area contributed by atoms with E-state index in [4.69, 9.17) is 15.9 Å².